The van der Waals surface area contributed by atoms with Crippen molar-refractivity contribution in [2.24, 2.45) is 5.41 Å². The normalized spacial score (nSPS) is 23.1. The smallest absolute Gasteiger partial charge is 0.314 e. The molecule has 2 N–H and O–H groups in total. The van der Waals surface area contributed by atoms with Crippen molar-refractivity contribution in [2.45, 2.75) is 44.6 Å². The Kier molecular flexibility index (Phi) is 6.84. The highest BCUT2D eigenvalue weighted by molar-refractivity contribution is 6.31. The van der Waals surface area contributed by atoms with Crippen LogP contribution in [0.15, 0.2) is 48.6 Å². The van der Waals surface area contributed by atoms with Crippen molar-refractivity contribution in [3.8, 4) is 5.75 Å². The van der Waals surface area contributed by atoms with E-state index in [2.05, 4.69) is 17.2 Å². The summed E-state index contributed by atoms with van der Waals surface area (Å²) in [5.41, 5.74) is 0.346. The monoisotopic (exact) mass is 530 g/mol. The van der Waals surface area contributed by atoms with Gasteiger partial charge in [0.15, 0.2) is 0 Å². The van der Waals surface area contributed by atoms with Crippen LogP contribution in [-0.2, 0) is 24.5 Å². The summed E-state index contributed by atoms with van der Waals surface area (Å²) >= 11 is 12.6. The van der Waals surface area contributed by atoms with E-state index in [1.54, 1.807) is 57.2 Å². The number of benzene rings is 2. The summed E-state index contributed by atoms with van der Waals surface area (Å²) in [5.74, 6) is -1.15. The van der Waals surface area contributed by atoms with Gasteiger partial charge >= 0.3 is 5.97 Å². The molecule has 0 unspecified atom stereocenters. The number of hydrogen-bond donors (Lipinski definition) is 2. The molecule has 7 nitrogen and oxygen atoms in total. The molecule has 0 aromatic heterocycles. The number of amides is 2. The number of hydrogen-bond acceptors (Lipinski definition) is 5. The van der Waals surface area contributed by atoms with Gasteiger partial charge < -0.3 is 20.1 Å². The second kappa shape index (κ2) is 9.45. The molecule has 1 spiro atoms. The number of methoxy groups -OCH3 is 1. The summed E-state index contributed by atoms with van der Waals surface area (Å²) in [6, 6.07) is 9.60. The zero-order valence-electron chi connectivity index (χ0n) is 20.5. The van der Waals surface area contributed by atoms with E-state index in [1.807, 2.05) is 0 Å². The molecular formula is C27H28Cl2N2O5. The van der Waals surface area contributed by atoms with Crippen molar-refractivity contribution in [1.82, 2.24) is 5.32 Å². The number of ether oxygens (including phenoxy) is 2. The van der Waals surface area contributed by atoms with Crippen LogP contribution in [0.2, 0.25) is 10.0 Å². The van der Waals surface area contributed by atoms with Crippen LogP contribution in [-0.4, -0.2) is 37.5 Å². The van der Waals surface area contributed by atoms with Crippen LogP contribution in [0, 0.1) is 5.41 Å². The van der Waals surface area contributed by atoms with Gasteiger partial charge in [-0.3, -0.25) is 14.4 Å². The Balaban J connectivity index is 1.90. The maximum atomic E-state index is 13.9. The summed E-state index contributed by atoms with van der Waals surface area (Å²) in [7, 11) is 1.32. The van der Waals surface area contributed by atoms with E-state index < -0.39 is 28.8 Å². The number of carbonyl (C=O) groups is 3. The second-order valence-electron chi connectivity index (χ2n) is 9.96. The minimum absolute atomic E-state index is 0.0103. The average molecular weight is 531 g/mol. The molecule has 2 aromatic rings. The van der Waals surface area contributed by atoms with Gasteiger partial charge in [0.25, 0.3) is 0 Å². The zero-order valence-corrected chi connectivity index (χ0v) is 22.0. The molecule has 0 saturated carbocycles. The first-order valence-corrected chi connectivity index (χ1v) is 12.2. The molecule has 2 aliphatic rings. The van der Waals surface area contributed by atoms with E-state index >= 15 is 0 Å². The molecule has 0 bridgehead atoms. The summed E-state index contributed by atoms with van der Waals surface area (Å²) < 4.78 is 11.0. The van der Waals surface area contributed by atoms with E-state index in [0.29, 0.717) is 38.2 Å². The fourth-order valence-electron chi connectivity index (χ4n) is 5.23. The van der Waals surface area contributed by atoms with Crippen LogP contribution < -0.4 is 15.4 Å². The quantitative estimate of drug-likeness (QED) is 0.404. The molecule has 0 radical (unpaired) electrons. The number of nitrogens with one attached hydrogen (secondary N) is 2. The Morgan fingerprint density at radius 2 is 1.83 bits per heavy atom. The third-order valence-electron chi connectivity index (χ3n) is 6.92. The molecule has 2 heterocycles. The van der Waals surface area contributed by atoms with Gasteiger partial charge in [-0.25, -0.2) is 0 Å². The Labute approximate surface area is 220 Å². The summed E-state index contributed by atoms with van der Waals surface area (Å²) in [6.45, 7) is 9.32. The van der Waals surface area contributed by atoms with Crippen LogP contribution >= 0.6 is 23.2 Å². The molecule has 1 fully saturated rings. The minimum Gasteiger partial charge on any atom is -0.492 e. The van der Waals surface area contributed by atoms with Crippen molar-refractivity contribution in [1.29, 1.82) is 0 Å². The van der Waals surface area contributed by atoms with Gasteiger partial charge in [0.05, 0.1) is 18.6 Å². The lowest BCUT2D eigenvalue weighted by molar-refractivity contribution is -0.152. The van der Waals surface area contributed by atoms with Crippen molar-refractivity contribution in [3.63, 3.8) is 0 Å². The number of carbonyl (C=O) groups excluding carboxylic acids is 3. The molecule has 2 amide bonds. The van der Waals surface area contributed by atoms with Gasteiger partial charge in [0, 0.05) is 33.6 Å². The topological polar surface area (TPSA) is 93.7 Å². The van der Waals surface area contributed by atoms with Crippen LogP contribution in [0.25, 0.3) is 0 Å². The van der Waals surface area contributed by atoms with Crippen molar-refractivity contribution >= 4 is 46.7 Å². The second-order valence-corrected chi connectivity index (χ2v) is 10.8. The fourth-order valence-corrected chi connectivity index (χ4v) is 5.58. The Morgan fingerprint density at radius 1 is 1.17 bits per heavy atom. The van der Waals surface area contributed by atoms with Gasteiger partial charge in [-0.05, 0) is 56.7 Å². The maximum Gasteiger partial charge on any atom is 0.314 e. The molecule has 3 atom stereocenters. The SMILES string of the molecule is C=C(C)[C@H]1NC(=O)C[C@@H](c2cc(Cl)ccc2OCC(C)(C)C(=O)OC)[C@]12C(=O)Nc1cc(Cl)ccc12. The third kappa shape index (κ3) is 4.24. The number of anilines is 1. The fraction of sp³-hybridized carbons (Fsp3) is 0.370. The minimum atomic E-state index is -1.22. The Morgan fingerprint density at radius 3 is 2.50 bits per heavy atom. The average Bonchev–Trinajstić information content (AvgIpc) is 3.09. The van der Waals surface area contributed by atoms with Crippen LogP contribution in [0.1, 0.15) is 44.2 Å². The summed E-state index contributed by atoms with van der Waals surface area (Å²) in [5, 5.41) is 6.84. The van der Waals surface area contributed by atoms with Gasteiger partial charge in [-0.1, -0.05) is 41.4 Å². The van der Waals surface area contributed by atoms with E-state index in [0.717, 1.165) is 0 Å². The van der Waals surface area contributed by atoms with Gasteiger partial charge in [0.2, 0.25) is 11.8 Å². The van der Waals surface area contributed by atoms with E-state index in [4.69, 9.17) is 32.7 Å². The summed E-state index contributed by atoms with van der Waals surface area (Å²) in [4.78, 5) is 39.1. The highest BCUT2D eigenvalue weighted by atomic mass is 35.5. The lowest BCUT2D eigenvalue weighted by Crippen LogP contribution is -2.62. The standard InChI is InChI=1S/C27H28Cl2N2O5/c1-14(2)23-27(18-8-6-16(29)11-20(18)30-24(27)33)19(12-22(32)31-23)17-10-15(28)7-9-21(17)36-13-26(3,4)25(34)35-5/h6-11,19,23H,1,12-13H2,2-5H3,(H,30,33)(H,31,32)/t19-,23+,27-/m0/s1. The molecule has 2 aromatic carbocycles. The largest absolute Gasteiger partial charge is 0.492 e. The van der Waals surface area contributed by atoms with E-state index in [-0.39, 0.29) is 24.8 Å². The number of esters is 1. The molecule has 9 heteroatoms. The lowest BCUT2D eigenvalue weighted by Gasteiger charge is -2.46. The predicted molar refractivity (Wildman–Crippen MR) is 139 cm³/mol. The Bertz CT molecular complexity index is 1270. The number of fused-ring (bicyclic) bond motifs is 2. The summed E-state index contributed by atoms with van der Waals surface area (Å²) in [6.07, 6.45) is 0.0103. The highest BCUT2D eigenvalue weighted by Crippen LogP contribution is 2.55. The number of piperidine rings is 1. The van der Waals surface area contributed by atoms with E-state index in [1.165, 1.54) is 7.11 Å². The van der Waals surface area contributed by atoms with E-state index in [9.17, 15) is 14.4 Å². The molecule has 190 valence electrons. The zero-order chi connectivity index (χ0) is 26.4. The number of halogens is 2. The Hall–Kier alpha value is -3.03. The van der Waals surface area contributed by atoms with Crippen LogP contribution in [0.5, 0.6) is 5.75 Å². The predicted octanol–water partition coefficient (Wildman–Crippen LogP) is 5.01. The molecule has 2 aliphatic heterocycles. The molecule has 1 saturated heterocycles. The van der Waals surface area contributed by atoms with Crippen LogP contribution in [0.4, 0.5) is 5.69 Å². The lowest BCUT2D eigenvalue weighted by atomic mass is 9.59. The van der Waals surface area contributed by atoms with Gasteiger partial charge in [0.1, 0.15) is 17.8 Å². The first-order chi connectivity index (χ1) is 16.9. The van der Waals surface area contributed by atoms with Gasteiger partial charge in [-0.15, -0.1) is 0 Å². The van der Waals surface area contributed by atoms with Crippen molar-refractivity contribution in [3.05, 3.63) is 69.7 Å². The molecule has 4 rings (SSSR count). The molecule has 0 aliphatic carbocycles. The van der Waals surface area contributed by atoms with Crippen LogP contribution in [0.3, 0.4) is 0 Å². The molecular weight excluding hydrogens is 503 g/mol. The molecule has 36 heavy (non-hydrogen) atoms. The number of rotatable bonds is 6. The highest BCUT2D eigenvalue weighted by Gasteiger charge is 2.61. The van der Waals surface area contributed by atoms with Crippen molar-refractivity contribution in [2.75, 3.05) is 19.0 Å². The maximum absolute atomic E-state index is 13.9. The first-order valence-electron chi connectivity index (χ1n) is 11.5. The van der Waals surface area contributed by atoms with Crippen molar-refractivity contribution < 1.29 is 23.9 Å². The first kappa shape index (κ1) is 26.0. The van der Waals surface area contributed by atoms with Gasteiger partial charge in [-0.2, -0.15) is 0 Å². The third-order valence-corrected chi connectivity index (χ3v) is 7.39.